The van der Waals surface area contributed by atoms with Crippen LogP contribution in [0.25, 0.3) is 11.3 Å². The lowest BCUT2D eigenvalue weighted by molar-refractivity contribution is 0.0764. The third-order valence-electron chi connectivity index (χ3n) is 3.96. The molecule has 0 unspecified atom stereocenters. The molecular formula is C17H18N2O2. The minimum atomic E-state index is -0.395. The molecule has 0 bridgehead atoms. The summed E-state index contributed by atoms with van der Waals surface area (Å²) in [5.74, 6) is -0.0122. The average Bonchev–Trinajstić information content (AvgIpc) is 2.94. The molecule has 21 heavy (non-hydrogen) atoms. The summed E-state index contributed by atoms with van der Waals surface area (Å²) in [5.41, 5.74) is 3.46. The number of benzene rings is 1. The number of β-amino-alcohol motifs (C(OH)–C–C–N with tert-alkyl or cyclic N) is 1. The molecule has 0 radical (unpaired) electrons. The molecule has 0 aliphatic carbocycles. The van der Waals surface area contributed by atoms with Crippen LogP contribution in [0.4, 0.5) is 0 Å². The first-order chi connectivity index (χ1) is 10.2. The first-order valence-corrected chi connectivity index (χ1v) is 7.15. The SMILES string of the molecule is Cc1c(C(=O)N2CC[C@@H](O)C2)cccc1-c1ccccn1. The van der Waals surface area contributed by atoms with Crippen LogP contribution in [0.5, 0.6) is 0 Å². The van der Waals surface area contributed by atoms with Crippen LogP contribution in [0.2, 0.25) is 0 Å². The number of aliphatic hydroxyl groups is 1. The van der Waals surface area contributed by atoms with Gasteiger partial charge in [-0.2, -0.15) is 0 Å². The molecule has 108 valence electrons. The molecule has 1 aromatic carbocycles. The first-order valence-electron chi connectivity index (χ1n) is 7.15. The Kier molecular flexibility index (Phi) is 3.71. The van der Waals surface area contributed by atoms with Crippen LogP contribution in [-0.4, -0.2) is 40.1 Å². The van der Waals surface area contributed by atoms with Crippen LogP contribution < -0.4 is 0 Å². The number of pyridine rings is 1. The smallest absolute Gasteiger partial charge is 0.254 e. The summed E-state index contributed by atoms with van der Waals surface area (Å²) in [4.78, 5) is 18.7. The predicted octanol–water partition coefficient (Wildman–Crippen LogP) is 2.26. The summed E-state index contributed by atoms with van der Waals surface area (Å²) in [5, 5.41) is 9.59. The van der Waals surface area contributed by atoms with Crippen LogP contribution in [0.1, 0.15) is 22.3 Å². The van der Waals surface area contributed by atoms with Gasteiger partial charge in [-0.1, -0.05) is 18.2 Å². The van der Waals surface area contributed by atoms with Crippen LogP contribution in [0.15, 0.2) is 42.6 Å². The zero-order valence-corrected chi connectivity index (χ0v) is 12.0. The molecule has 1 N–H and O–H groups in total. The molecule has 4 heteroatoms. The minimum absolute atomic E-state index is 0.0122. The zero-order valence-electron chi connectivity index (χ0n) is 12.0. The van der Waals surface area contributed by atoms with Crippen LogP contribution in [-0.2, 0) is 0 Å². The highest BCUT2D eigenvalue weighted by Crippen LogP contribution is 2.25. The van der Waals surface area contributed by atoms with Crippen molar-refractivity contribution in [3.63, 3.8) is 0 Å². The second-order valence-electron chi connectivity index (χ2n) is 5.39. The van der Waals surface area contributed by atoms with Gasteiger partial charge in [0.2, 0.25) is 0 Å². The summed E-state index contributed by atoms with van der Waals surface area (Å²) in [6.07, 6.45) is 2.01. The Hall–Kier alpha value is -2.20. The number of amides is 1. The van der Waals surface area contributed by atoms with Crippen molar-refractivity contribution >= 4 is 5.91 Å². The Morgan fingerprint density at radius 3 is 2.81 bits per heavy atom. The summed E-state index contributed by atoms with van der Waals surface area (Å²) < 4.78 is 0. The van der Waals surface area contributed by atoms with Crippen molar-refractivity contribution in [1.82, 2.24) is 9.88 Å². The quantitative estimate of drug-likeness (QED) is 0.919. The third-order valence-corrected chi connectivity index (χ3v) is 3.96. The maximum Gasteiger partial charge on any atom is 0.254 e. The Morgan fingerprint density at radius 2 is 2.14 bits per heavy atom. The molecule has 2 heterocycles. The van der Waals surface area contributed by atoms with E-state index in [4.69, 9.17) is 0 Å². The summed E-state index contributed by atoms with van der Waals surface area (Å²) in [6, 6.07) is 11.5. The number of hydrogen-bond acceptors (Lipinski definition) is 3. The summed E-state index contributed by atoms with van der Waals surface area (Å²) in [7, 11) is 0. The van der Waals surface area contributed by atoms with E-state index in [9.17, 15) is 9.90 Å². The fourth-order valence-electron chi connectivity index (χ4n) is 2.76. The van der Waals surface area contributed by atoms with E-state index < -0.39 is 6.10 Å². The number of aliphatic hydroxyl groups excluding tert-OH is 1. The van der Waals surface area contributed by atoms with Crippen molar-refractivity contribution in [2.45, 2.75) is 19.4 Å². The maximum absolute atomic E-state index is 12.6. The third kappa shape index (κ3) is 2.67. The lowest BCUT2D eigenvalue weighted by Gasteiger charge is -2.18. The van der Waals surface area contributed by atoms with Crippen LogP contribution in [0, 0.1) is 6.92 Å². The molecule has 1 aliphatic heterocycles. The van der Waals surface area contributed by atoms with Gasteiger partial charge in [0, 0.05) is 30.4 Å². The van der Waals surface area contributed by atoms with Crippen LogP contribution >= 0.6 is 0 Å². The van der Waals surface area contributed by atoms with Gasteiger partial charge in [0.1, 0.15) is 0 Å². The number of carbonyl (C=O) groups excluding carboxylic acids is 1. The molecule has 3 rings (SSSR count). The lowest BCUT2D eigenvalue weighted by atomic mass is 9.99. The molecule has 1 aliphatic rings. The molecule has 1 aromatic heterocycles. The van der Waals surface area contributed by atoms with Gasteiger partial charge in [-0.05, 0) is 37.1 Å². The largest absolute Gasteiger partial charge is 0.391 e. The maximum atomic E-state index is 12.6. The number of rotatable bonds is 2. The zero-order chi connectivity index (χ0) is 14.8. The molecule has 2 aromatic rings. The van der Waals surface area contributed by atoms with Crippen LogP contribution in [0.3, 0.4) is 0 Å². The molecule has 1 saturated heterocycles. The number of nitrogens with zero attached hydrogens (tertiary/aromatic N) is 2. The number of aromatic nitrogens is 1. The Balaban J connectivity index is 1.95. The minimum Gasteiger partial charge on any atom is -0.391 e. The number of hydrogen-bond donors (Lipinski definition) is 1. The molecule has 1 fully saturated rings. The highest BCUT2D eigenvalue weighted by Gasteiger charge is 2.26. The topological polar surface area (TPSA) is 53.4 Å². The fourth-order valence-corrected chi connectivity index (χ4v) is 2.76. The fraction of sp³-hybridized carbons (Fsp3) is 0.294. The second-order valence-corrected chi connectivity index (χ2v) is 5.39. The van der Waals surface area contributed by atoms with E-state index >= 15 is 0 Å². The molecule has 1 atom stereocenters. The molecule has 0 saturated carbocycles. The van der Waals surface area contributed by atoms with Crippen molar-refractivity contribution in [2.24, 2.45) is 0 Å². The van der Waals surface area contributed by atoms with Crippen molar-refractivity contribution in [3.8, 4) is 11.3 Å². The van der Waals surface area contributed by atoms with E-state index in [0.717, 1.165) is 16.8 Å². The van der Waals surface area contributed by atoms with E-state index in [1.807, 2.05) is 43.3 Å². The van der Waals surface area contributed by atoms with Crippen molar-refractivity contribution in [1.29, 1.82) is 0 Å². The summed E-state index contributed by atoms with van der Waals surface area (Å²) >= 11 is 0. The molecule has 4 nitrogen and oxygen atoms in total. The van der Waals surface area contributed by atoms with Gasteiger partial charge in [0.25, 0.3) is 5.91 Å². The van der Waals surface area contributed by atoms with E-state index in [-0.39, 0.29) is 5.91 Å². The lowest BCUT2D eigenvalue weighted by Crippen LogP contribution is -2.30. The molecular weight excluding hydrogens is 264 g/mol. The molecule has 0 spiro atoms. The average molecular weight is 282 g/mol. The Morgan fingerprint density at radius 1 is 1.29 bits per heavy atom. The number of carbonyl (C=O) groups is 1. The monoisotopic (exact) mass is 282 g/mol. The van der Waals surface area contributed by atoms with Crippen molar-refractivity contribution in [2.75, 3.05) is 13.1 Å². The Bertz CT molecular complexity index is 655. The number of likely N-dealkylation sites (tertiary alicyclic amines) is 1. The van der Waals surface area contributed by atoms with Crippen molar-refractivity contribution < 1.29 is 9.90 Å². The predicted molar refractivity (Wildman–Crippen MR) is 80.9 cm³/mol. The van der Waals surface area contributed by atoms with E-state index in [1.54, 1.807) is 11.1 Å². The standard InChI is InChI=1S/C17H18N2O2/c1-12-14(16-7-2-3-9-18-16)5-4-6-15(12)17(21)19-10-8-13(20)11-19/h2-7,9,13,20H,8,10-11H2,1H3/t13-/m1/s1. The Labute approximate surface area is 124 Å². The van der Waals surface area contributed by atoms with Gasteiger partial charge in [-0.15, -0.1) is 0 Å². The molecule has 1 amide bonds. The highest BCUT2D eigenvalue weighted by atomic mass is 16.3. The van der Waals surface area contributed by atoms with Gasteiger partial charge >= 0.3 is 0 Å². The van der Waals surface area contributed by atoms with Gasteiger partial charge in [0.05, 0.1) is 11.8 Å². The van der Waals surface area contributed by atoms with Gasteiger partial charge in [-0.25, -0.2) is 0 Å². The van der Waals surface area contributed by atoms with Gasteiger partial charge in [0.15, 0.2) is 0 Å². The van der Waals surface area contributed by atoms with E-state index in [0.29, 0.717) is 25.1 Å². The van der Waals surface area contributed by atoms with Gasteiger partial charge in [-0.3, -0.25) is 9.78 Å². The van der Waals surface area contributed by atoms with E-state index in [1.165, 1.54) is 0 Å². The first kappa shape index (κ1) is 13.8. The van der Waals surface area contributed by atoms with E-state index in [2.05, 4.69) is 4.98 Å². The summed E-state index contributed by atoms with van der Waals surface area (Å²) in [6.45, 7) is 2.99. The normalized spacial score (nSPS) is 18.0. The highest BCUT2D eigenvalue weighted by molar-refractivity contribution is 5.97. The van der Waals surface area contributed by atoms with Crippen molar-refractivity contribution in [3.05, 3.63) is 53.7 Å². The van der Waals surface area contributed by atoms with Gasteiger partial charge < -0.3 is 10.0 Å². The second kappa shape index (κ2) is 5.66.